The summed E-state index contributed by atoms with van der Waals surface area (Å²) in [6, 6.07) is 3.64. The minimum absolute atomic E-state index is 0.156. The maximum absolute atomic E-state index is 10.6. The van der Waals surface area contributed by atoms with Gasteiger partial charge in [0.1, 0.15) is 6.10 Å². The lowest BCUT2D eigenvalue weighted by molar-refractivity contribution is -0.116. The molecule has 1 heterocycles. The second kappa shape index (κ2) is 4.65. The van der Waals surface area contributed by atoms with Gasteiger partial charge in [0, 0.05) is 11.4 Å². The quantitative estimate of drug-likeness (QED) is 0.691. The monoisotopic (exact) mass is 195 g/mol. The predicted octanol–water partition coefficient (Wildman–Crippen LogP) is 0.531. The zero-order chi connectivity index (χ0) is 9.68. The van der Waals surface area contributed by atoms with Crippen molar-refractivity contribution >= 4 is 17.2 Å². The molecule has 2 N–H and O–H groups in total. The summed E-state index contributed by atoms with van der Waals surface area (Å²) in [6.45, 7) is 0.156. The van der Waals surface area contributed by atoms with E-state index < -0.39 is 12.0 Å². The highest BCUT2D eigenvalue weighted by atomic mass is 32.1. The summed E-state index contributed by atoms with van der Waals surface area (Å²) in [6.07, 6.45) is 4.17. The normalized spacial score (nSPS) is 11.7. The van der Waals surface area contributed by atoms with Crippen molar-refractivity contribution in [1.29, 1.82) is 0 Å². The number of carbonyl (C=O) groups excluding carboxylic acids is 1. The van der Waals surface area contributed by atoms with Crippen molar-refractivity contribution in [3.8, 4) is 12.3 Å². The minimum Gasteiger partial charge on any atom is -0.386 e. The first-order valence-corrected chi connectivity index (χ1v) is 4.58. The number of hydrogen-bond acceptors (Lipinski definition) is 3. The Labute approximate surface area is 80.4 Å². The van der Waals surface area contributed by atoms with E-state index in [1.807, 2.05) is 17.4 Å². The minimum atomic E-state index is -0.669. The molecule has 1 aromatic heterocycles. The topological polar surface area (TPSA) is 49.3 Å². The van der Waals surface area contributed by atoms with Gasteiger partial charge < -0.3 is 10.4 Å². The number of amides is 1. The number of aliphatic hydroxyl groups excluding tert-OH is 1. The summed E-state index contributed by atoms with van der Waals surface area (Å²) in [7, 11) is 0. The summed E-state index contributed by atoms with van der Waals surface area (Å²) < 4.78 is 0. The van der Waals surface area contributed by atoms with Crippen LogP contribution in [0.2, 0.25) is 0 Å². The highest BCUT2D eigenvalue weighted by molar-refractivity contribution is 7.10. The summed E-state index contributed by atoms with van der Waals surface area (Å²) in [4.78, 5) is 11.4. The number of hydrogen-bond donors (Lipinski definition) is 2. The molecule has 0 aromatic carbocycles. The fourth-order valence-corrected chi connectivity index (χ4v) is 1.53. The van der Waals surface area contributed by atoms with Crippen LogP contribution in [0.5, 0.6) is 0 Å². The van der Waals surface area contributed by atoms with Crippen LogP contribution in [0.25, 0.3) is 0 Å². The first-order chi connectivity index (χ1) is 6.24. The molecule has 1 amide bonds. The van der Waals surface area contributed by atoms with Crippen LogP contribution in [0.3, 0.4) is 0 Å². The van der Waals surface area contributed by atoms with Gasteiger partial charge in [-0.25, -0.2) is 0 Å². The number of carbonyl (C=O) groups is 1. The van der Waals surface area contributed by atoms with Gasteiger partial charge in [0.2, 0.25) is 0 Å². The van der Waals surface area contributed by atoms with Gasteiger partial charge in [-0.3, -0.25) is 4.79 Å². The lowest BCUT2D eigenvalue weighted by atomic mass is 10.3. The van der Waals surface area contributed by atoms with E-state index >= 15 is 0 Å². The van der Waals surface area contributed by atoms with Crippen molar-refractivity contribution in [1.82, 2.24) is 5.32 Å². The van der Waals surface area contributed by atoms with E-state index in [2.05, 4.69) is 5.32 Å². The molecule has 1 aromatic rings. The summed E-state index contributed by atoms with van der Waals surface area (Å²) in [5, 5.41) is 13.7. The van der Waals surface area contributed by atoms with E-state index in [-0.39, 0.29) is 6.54 Å². The third-order valence-electron chi connectivity index (χ3n) is 1.46. The molecule has 0 bridgehead atoms. The molecule has 0 aliphatic carbocycles. The lowest BCUT2D eigenvalue weighted by Gasteiger charge is -2.07. The SMILES string of the molecule is C#CC(=O)NCC(O)c1cccs1. The Balaban J connectivity index is 2.39. The number of nitrogens with one attached hydrogen (secondary N) is 1. The van der Waals surface area contributed by atoms with Crippen molar-refractivity contribution < 1.29 is 9.90 Å². The molecule has 0 saturated heterocycles. The molecule has 0 saturated carbocycles. The van der Waals surface area contributed by atoms with Gasteiger partial charge >= 0.3 is 0 Å². The van der Waals surface area contributed by atoms with Crippen molar-refractivity contribution in [3.63, 3.8) is 0 Å². The Morgan fingerprint density at radius 1 is 1.85 bits per heavy atom. The number of aliphatic hydroxyl groups is 1. The van der Waals surface area contributed by atoms with E-state index in [1.165, 1.54) is 11.3 Å². The average molecular weight is 195 g/mol. The van der Waals surface area contributed by atoms with Gasteiger partial charge in [-0.15, -0.1) is 17.8 Å². The smallest absolute Gasteiger partial charge is 0.295 e. The predicted molar refractivity (Wildman–Crippen MR) is 51.1 cm³/mol. The molecule has 0 fully saturated rings. The number of thiophene rings is 1. The van der Waals surface area contributed by atoms with Gasteiger partial charge in [0.15, 0.2) is 0 Å². The molecule has 1 rings (SSSR count). The fraction of sp³-hybridized carbons (Fsp3) is 0.222. The van der Waals surface area contributed by atoms with Crippen molar-refractivity contribution in [2.45, 2.75) is 6.10 Å². The van der Waals surface area contributed by atoms with Crippen LogP contribution >= 0.6 is 11.3 Å². The molecule has 0 aliphatic rings. The van der Waals surface area contributed by atoms with E-state index in [0.717, 1.165) is 4.88 Å². The molecule has 13 heavy (non-hydrogen) atoms. The van der Waals surface area contributed by atoms with Crippen LogP contribution in [-0.4, -0.2) is 17.6 Å². The number of rotatable bonds is 3. The molecular formula is C9H9NO2S. The Bertz CT molecular complexity index is 313. The first kappa shape index (κ1) is 9.78. The van der Waals surface area contributed by atoms with Crippen LogP contribution in [-0.2, 0) is 4.79 Å². The molecule has 0 radical (unpaired) electrons. The highest BCUT2D eigenvalue weighted by Crippen LogP contribution is 2.17. The average Bonchev–Trinajstić information content (AvgIpc) is 2.66. The van der Waals surface area contributed by atoms with Gasteiger partial charge in [0.25, 0.3) is 5.91 Å². The molecule has 68 valence electrons. The van der Waals surface area contributed by atoms with Crippen LogP contribution < -0.4 is 5.32 Å². The summed E-state index contributed by atoms with van der Waals surface area (Å²) in [5.74, 6) is 1.40. The molecule has 1 unspecified atom stereocenters. The Hall–Kier alpha value is -1.31. The lowest BCUT2D eigenvalue weighted by Crippen LogP contribution is -2.26. The molecular weight excluding hydrogens is 186 g/mol. The molecule has 0 spiro atoms. The molecule has 0 aliphatic heterocycles. The third kappa shape index (κ3) is 2.90. The largest absolute Gasteiger partial charge is 0.386 e. The standard InChI is InChI=1S/C9H9NO2S/c1-2-9(12)10-6-7(11)8-4-3-5-13-8/h1,3-5,7,11H,6H2,(H,10,12). The summed E-state index contributed by atoms with van der Waals surface area (Å²) in [5.41, 5.74) is 0. The Morgan fingerprint density at radius 3 is 3.15 bits per heavy atom. The Morgan fingerprint density at radius 2 is 2.62 bits per heavy atom. The van der Waals surface area contributed by atoms with Crippen LogP contribution in [0, 0.1) is 12.3 Å². The zero-order valence-corrected chi connectivity index (χ0v) is 7.67. The van der Waals surface area contributed by atoms with E-state index in [1.54, 1.807) is 6.07 Å². The molecule has 1 atom stereocenters. The van der Waals surface area contributed by atoms with Gasteiger partial charge in [0.05, 0.1) is 0 Å². The van der Waals surface area contributed by atoms with Crippen LogP contribution in [0.1, 0.15) is 11.0 Å². The van der Waals surface area contributed by atoms with Crippen molar-refractivity contribution in [2.75, 3.05) is 6.54 Å². The summed E-state index contributed by atoms with van der Waals surface area (Å²) >= 11 is 1.44. The first-order valence-electron chi connectivity index (χ1n) is 3.70. The van der Waals surface area contributed by atoms with Crippen molar-refractivity contribution in [2.24, 2.45) is 0 Å². The highest BCUT2D eigenvalue weighted by Gasteiger charge is 2.08. The zero-order valence-electron chi connectivity index (χ0n) is 6.86. The second-order valence-corrected chi connectivity index (χ2v) is 3.36. The maximum atomic E-state index is 10.6. The molecule has 4 heteroatoms. The van der Waals surface area contributed by atoms with E-state index in [4.69, 9.17) is 6.42 Å². The fourth-order valence-electron chi connectivity index (χ4n) is 0.822. The Kier molecular flexibility index (Phi) is 3.50. The van der Waals surface area contributed by atoms with Gasteiger partial charge in [-0.05, 0) is 17.4 Å². The van der Waals surface area contributed by atoms with Crippen molar-refractivity contribution in [3.05, 3.63) is 22.4 Å². The van der Waals surface area contributed by atoms with Gasteiger partial charge in [-0.1, -0.05) is 6.07 Å². The van der Waals surface area contributed by atoms with E-state index in [9.17, 15) is 9.90 Å². The van der Waals surface area contributed by atoms with Crippen LogP contribution in [0.15, 0.2) is 17.5 Å². The van der Waals surface area contributed by atoms with Gasteiger partial charge in [-0.2, -0.15) is 0 Å². The maximum Gasteiger partial charge on any atom is 0.295 e. The van der Waals surface area contributed by atoms with Crippen LogP contribution in [0.4, 0.5) is 0 Å². The van der Waals surface area contributed by atoms with E-state index in [0.29, 0.717) is 0 Å². The second-order valence-electron chi connectivity index (χ2n) is 2.39. The number of terminal acetylenes is 1. The third-order valence-corrected chi connectivity index (χ3v) is 2.43. The molecule has 3 nitrogen and oxygen atoms in total.